The van der Waals surface area contributed by atoms with Gasteiger partial charge < -0.3 is 4.57 Å². The van der Waals surface area contributed by atoms with E-state index in [0.29, 0.717) is 5.92 Å². The predicted octanol–water partition coefficient (Wildman–Crippen LogP) is 5.62. The molecule has 0 aliphatic carbocycles. The largest absolute Gasteiger partial charge is 0.340 e. The van der Waals surface area contributed by atoms with Gasteiger partial charge >= 0.3 is 0 Å². The van der Waals surface area contributed by atoms with Crippen molar-refractivity contribution in [3.8, 4) is 0 Å². The molecule has 0 fully saturated rings. The van der Waals surface area contributed by atoms with E-state index >= 15 is 0 Å². The number of rotatable bonds is 2. The van der Waals surface area contributed by atoms with Crippen LogP contribution in [0.4, 0.5) is 0 Å². The van der Waals surface area contributed by atoms with Gasteiger partial charge in [-0.15, -0.1) is 0 Å². The van der Waals surface area contributed by atoms with E-state index in [0.717, 1.165) is 13.1 Å². The van der Waals surface area contributed by atoms with Crippen LogP contribution in [0.5, 0.6) is 0 Å². The van der Waals surface area contributed by atoms with Crippen LogP contribution in [-0.2, 0) is 6.54 Å². The second-order valence-corrected chi connectivity index (χ2v) is 9.21. The van der Waals surface area contributed by atoms with Crippen LogP contribution in [0.25, 0.3) is 21.7 Å². The quantitative estimate of drug-likeness (QED) is 0.397. The SMILES string of the molecule is CCn1c(=c2ccc3c(c2)C(C)CC(C)(C)[N+]=3CC)c2cccc3cccc1c32. The fourth-order valence-electron chi connectivity index (χ4n) is 5.89. The van der Waals surface area contributed by atoms with Gasteiger partial charge in [-0.3, -0.25) is 0 Å². The van der Waals surface area contributed by atoms with Crippen molar-refractivity contribution in [3.63, 3.8) is 0 Å². The molecule has 29 heavy (non-hydrogen) atoms. The van der Waals surface area contributed by atoms with E-state index < -0.39 is 0 Å². The lowest BCUT2D eigenvalue weighted by Crippen LogP contribution is -2.52. The van der Waals surface area contributed by atoms with Gasteiger partial charge in [0.1, 0.15) is 6.54 Å². The Morgan fingerprint density at radius 1 is 1.03 bits per heavy atom. The van der Waals surface area contributed by atoms with Gasteiger partial charge in [-0.2, -0.15) is 0 Å². The van der Waals surface area contributed by atoms with Crippen LogP contribution < -0.4 is 9.93 Å². The van der Waals surface area contributed by atoms with E-state index in [1.54, 1.807) is 0 Å². The maximum atomic E-state index is 2.58. The molecule has 3 aromatic carbocycles. The number of nitrogens with zero attached hydrogens (tertiary/aromatic N) is 2. The zero-order valence-corrected chi connectivity index (χ0v) is 18.3. The van der Waals surface area contributed by atoms with Crippen LogP contribution in [0.2, 0.25) is 0 Å². The summed E-state index contributed by atoms with van der Waals surface area (Å²) in [5, 5.41) is 8.22. The third-order valence-corrected chi connectivity index (χ3v) is 6.99. The Kier molecular flexibility index (Phi) is 4.10. The van der Waals surface area contributed by atoms with Crippen molar-refractivity contribution in [2.24, 2.45) is 0 Å². The summed E-state index contributed by atoms with van der Waals surface area (Å²) >= 11 is 0. The van der Waals surface area contributed by atoms with Gasteiger partial charge in [-0.25, -0.2) is 4.58 Å². The molecule has 1 aromatic heterocycles. The number of hydrogen-bond acceptors (Lipinski definition) is 0. The maximum absolute atomic E-state index is 2.58. The Labute approximate surface area is 172 Å². The van der Waals surface area contributed by atoms with Crippen molar-refractivity contribution in [2.75, 3.05) is 6.54 Å². The first-order valence-electron chi connectivity index (χ1n) is 11.0. The second-order valence-electron chi connectivity index (χ2n) is 9.21. The molecule has 148 valence electrons. The molecule has 5 rings (SSSR count). The first kappa shape index (κ1) is 18.4. The molecule has 0 N–H and O–H groups in total. The Hall–Kier alpha value is -2.61. The minimum Gasteiger partial charge on any atom is -0.340 e. The minimum absolute atomic E-state index is 0.209. The highest BCUT2D eigenvalue weighted by Gasteiger charge is 2.37. The molecule has 0 amide bonds. The summed E-state index contributed by atoms with van der Waals surface area (Å²) in [6, 6.07) is 20.6. The van der Waals surface area contributed by atoms with Crippen molar-refractivity contribution < 1.29 is 0 Å². The molecule has 1 aliphatic rings. The van der Waals surface area contributed by atoms with Crippen LogP contribution in [0, 0.1) is 10.6 Å². The monoisotopic (exact) mass is 383 g/mol. The molecule has 0 saturated heterocycles. The predicted molar refractivity (Wildman–Crippen MR) is 123 cm³/mol. The fourth-order valence-corrected chi connectivity index (χ4v) is 5.89. The first-order valence-corrected chi connectivity index (χ1v) is 11.0. The topological polar surface area (TPSA) is 7.94 Å². The maximum Gasteiger partial charge on any atom is 0.203 e. The molecule has 0 bridgehead atoms. The Balaban J connectivity index is 2.00. The highest BCUT2D eigenvalue weighted by Crippen LogP contribution is 2.32. The van der Waals surface area contributed by atoms with Crippen LogP contribution >= 0.6 is 0 Å². The van der Waals surface area contributed by atoms with Gasteiger partial charge in [0.25, 0.3) is 0 Å². The van der Waals surface area contributed by atoms with E-state index in [-0.39, 0.29) is 5.54 Å². The lowest BCUT2D eigenvalue weighted by molar-refractivity contribution is 0.273. The standard InChI is InChI=1S/C27H31N2/c1-6-28-24-13-9-11-19-10-8-12-21(25(19)24)26(28)20-14-15-23-22(16-20)18(3)17-27(4,5)29(23)7-2/h8-16,18H,6-7,17H2,1-5H3/q+1. The van der Waals surface area contributed by atoms with Crippen molar-refractivity contribution in [3.05, 3.63) is 76.1 Å². The molecule has 0 radical (unpaired) electrons. The van der Waals surface area contributed by atoms with E-state index in [1.807, 2.05) is 0 Å². The molecule has 2 heterocycles. The molecule has 0 saturated carbocycles. The average molecular weight is 384 g/mol. The summed E-state index contributed by atoms with van der Waals surface area (Å²) in [6.45, 7) is 13.7. The van der Waals surface area contributed by atoms with Gasteiger partial charge in [-0.1, -0.05) is 37.3 Å². The molecule has 1 aliphatic heterocycles. The minimum atomic E-state index is 0.209. The van der Waals surface area contributed by atoms with Crippen molar-refractivity contribution in [1.82, 2.24) is 9.14 Å². The number of fused-ring (bicyclic) bond motifs is 1. The van der Waals surface area contributed by atoms with Gasteiger partial charge in [0, 0.05) is 40.9 Å². The Morgan fingerprint density at radius 3 is 2.52 bits per heavy atom. The van der Waals surface area contributed by atoms with Gasteiger partial charge in [0.2, 0.25) is 5.36 Å². The summed E-state index contributed by atoms with van der Waals surface area (Å²) in [6.07, 6.45) is 1.19. The van der Waals surface area contributed by atoms with E-state index in [2.05, 4.69) is 98.4 Å². The zero-order valence-electron chi connectivity index (χ0n) is 18.3. The summed E-state index contributed by atoms with van der Waals surface area (Å²) in [4.78, 5) is 0. The molecule has 1 unspecified atom stereocenters. The molecule has 4 aromatic rings. The Bertz CT molecular complexity index is 1380. The molecule has 1 atom stereocenters. The number of hydrogen-bond donors (Lipinski definition) is 0. The van der Waals surface area contributed by atoms with Crippen molar-refractivity contribution in [2.45, 2.75) is 59.0 Å². The summed E-state index contributed by atoms with van der Waals surface area (Å²) in [5.74, 6) is 0.568. The van der Waals surface area contributed by atoms with E-state index in [1.165, 1.54) is 49.6 Å². The van der Waals surface area contributed by atoms with Crippen molar-refractivity contribution in [1.29, 1.82) is 0 Å². The lowest BCUT2D eigenvalue weighted by Gasteiger charge is -2.30. The van der Waals surface area contributed by atoms with E-state index in [9.17, 15) is 0 Å². The number of aryl methyl sites for hydroxylation is 1. The number of benzene rings is 3. The van der Waals surface area contributed by atoms with E-state index in [4.69, 9.17) is 0 Å². The van der Waals surface area contributed by atoms with Gasteiger partial charge in [0.05, 0.1) is 5.35 Å². The van der Waals surface area contributed by atoms with Crippen LogP contribution in [0.15, 0.2) is 54.6 Å². The highest BCUT2D eigenvalue weighted by molar-refractivity contribution is 6.09. The zero-order chi connectivity index (χ0) is 20.3. The molecule has 0 spiro atoms. The summed E-state index contributed by atoms with van der Waals surface area (Å²) in [5.41, 5.74) is 3.05. The van der Waals surface area contributed by atoms with Crippen LogP contribution in [0.3, 0.4) is 0 Å². The summed E-state index contributed by atoms with van der Waals surface area (Å²) < 4.78 is 5.08. The fraction of sp³-hybridized carbons (Fsp3) is 0.370. The molecule has 2 heteroatoms. The smallest absolute Gasteiger partial charge is 0.203 e. The molecule has 2 nitrogen and oxygen atoms in total. The average Bonchev–Trinajstić information content (AvgIpc) is 3.03. The number of aromatic nitrogens is 1. The highest BCUT2D eigenvalue weighted by atomic mass is 15.1. The second kappa shape index (κ2) is 6.45. The van der Waals surface area contributed by atoms with Gasteiger partial charge in [-0.05, 0) is 62.4 Å². The van der Waals surface area contributed by atoms with Crippen LogP contribution in [0.1, 0.15) is 52.5 Å². The summed E-state index contributed by atoms with van der Waals surface area (Å²) in [7, 11) is 0. The lowest BCUT2D eigenvalue weighted by atomic mass is 9.82. The van der Waals surface area contributed by atoms with Crippen LogP contribution in [-0.4, -0.2) is 16.7 Å². The Morgan fingerprint density at radius 2 is 1.79 bits per heavy atom. The van der Waals surface area contributed by atoms with Crippen molar-refractivity contribution >= 4 is 21.7 Å². The third kappa shape index (κ3) is 2.58. The third-order valence-electron chi connectivity index (χ3n) is 6.99. The normalized spacial score (nSPS) is 19.8. The first-order chi connectivity index (χ1) is 14.0. The van der Waals surface area contributed by atoms with Gasteiger partial charge in [0.15, 0.2) is 5.54 Å². The molecular weight excluding hydrogens is 352 g/mol. The molecular formula is C27H31N2+.